The third-order valence-electron chi connectivity index (χ3n) is 5.08. The largest absolute Gasteiger partial charge is 0.489 e. The lowest BCUT2D eigenvalue weighted by molar-refractivity contribution is -0.136. The number of aryl methyl sites for hydroxylation is 3. The third kappa shape index (κ3) is 4.92. The SMILES string of the molecule is Cc1ccc(C2=C(COc3ccc(CCC(=O)O)c(Cl)c3)CCC2)c(C)c1. The Balaban J connectivity index is 1.71. The molecule has 3 nitrogen and oxygen atoms in total. The number of allylic oxidation sites excluding steroid dienone is 1. The molecule has 0 amide bonds. The number of rotatable bonds is 7. The van der Waals surface area contributed by atoms with Crippen LogP contribution in [0.25, 0.3) is 5.57 Å². The van der Waals surface area contributed by atoms with Crippen LogP contribution in [0.2, 0.25) is 5.02 Å². The standard InChI is InChI=1S/C23H25ClO3/c1-15-6-10-20(16(2)12-15)21-5-3-4-18(21)14-27-19-9-7-17(22(24)13-19)8-11-23(25)26/h6-7,9-10,12-13H,3-5,8,11,14H2,1-2H3,(H,25,26). The van der Waals surface area contributed by atoms with Gasteiger partial charge in [0, 0.05) is 11.4 Å². The molecule has 1 aliphatic carbocycles. The minimum atomic E-state index is -0.821. The molecule has 0 spiro atoms. The highest BCUT2D eigenvalue weighted by atomic mass is 35.5. The molecule has 27 heavy (non-hydrogen) atoms. The maximum atomic E-state index is 10.7. The Labute approximate surface area is 165 Å². The van der Waals surface area contributed by atoms with Crippen LogP contribution in [0, 0.1) is 13.8 Å². The van der Waals surface area contributed by atoms with Gasteiger partial charge in [0.25, 0.3) is 0 Å². The average molecular weight is 385 g/mol. The first kappa shape index (κ1) is 19.5. The van der Waals surface area contributed by atoms with Crippen LogP contribution in [-0.2, 0) is 11.2 Å². The number of halogens is 1. The maximum absolute atomic E-state index is 10.7. The van der Waals surface area contributed by atoms with Gasteiger partial charge >= 0.3 is 5.97 Å². The molecule has 2 aromatic rings. The van der Waals surface area contributed by atoms with Crippen molar-refractivity contribution in [2.75, 3.05) is 6.61 Å². The zero-order chi connectivity index (χ0) is 19.4. The first-order valence-corrected chi connectivity index (χ1v) is 9.73. The minimum Gasteiger partial charge on any atom is -0.489 e. The van der Waals surface area contributed by atoms with E-state index in [0.717, 1.165) is 30.6 Å². The van der Waals surface area contributed by atoms with Crippen LogP contribution in [0.1, 0.15) is 47.9 Å². The van der Waals surface area contributed by atoms with E-state index in [-0.39, 0.29) is 6.42 Å². The molecule has 0 bridgehead atoms. The van der Waals surface area contributed by atoms with Crippen molar-refractivity contribution in [2.45, 2.75) is 46.0 Å². The Bertz CT molecular complexity index is 883. The number of carbonyl (C=O) groups is 1. The summed E-state index contributed by atoms with van der Waals surface area (Å²) in [7, 11) is 0. The molecule has 0 aromatic heterocycles. The summed E-state index contributed by atoms with van der Waals surface area (Å²) >= 11 is 6.28. The Hall–Kier alpha value is -2.26. The van der Waals surface area contributed by atoms with Gasteiger partial charge in [-0.3, -0.25) is 4.79 Å². The Kier molecular flexibility index (Phi) is 6.22. The van der Waals surface area contributed by atoms with Crippen LogP contribution in [0.4, 0.5) is 0 Å². The van der Waals surface area contributed by atoms with Gasteiger partial charge in [0.05, 0.1) is 0 Å². The summed E-state index contributed by atoms with van der Waals surface area (Å²) in [6, 6.07) is 12.1. The van der Waals surface area contributed by atoms with Gasteiger partial charge in [0.1, 0.15) is 12.4 Å². The topological polar surface area (TPSA) is 46.5 Å². The molecule has 1 aliphatic rings. The van der Waals surface area contributed by atoms with E-state index in [0.29, 0.717) is 18.1 Å². The van der Waals surface area contributed by atoms with E-state index in [4.69, 9.17) is 21.4 Å². The van der Waals surface area contributed by atoms with E-state index in [9.17, 15) is 4.79 Å². The highest BCUT2D eigenvalue weighted by Gasteiger charge is 2.18. The summed E-state index contributed by atoms with van der Waals surface area (Å²) in [5.41, 5.74) is 7.53. The van der Waals surface area contributed by atoms with Crippen LogP contribution in [0.15, 0.2) is 42.0 Å². The van der Waals surface area contributed by atoms with Crippen LogP contribution < -0.4 is 4.74 Å². The predicted molar refractivity (Wildman–Crippen MR) is 110 cm³/mol. The number of carboxylic acids is 1. The Morgan fingerprint density at radius 3 is 2.67 bits per heavy atom. The molecule has 0 radical (unpaired) electrons. The highest BCUT2D eigenvalue weighted by Crippen LogP contribution is 2.36. The van der Waals surface area contributed by atoms with Crippen molar-refractivity contribution in [3.05, 3.63) is 69.2 Å². The fraction of sp³-hybridized carbons (Fsp3) is 0.348. The van der Waals surface area contributed by atoms with Crippen molar-refractivity contribution in [1.82, 2.24) is 0 Å². The van der Waals surface area contributed by atoms with Crippen molar-refractivity contribution in [1.29, 1.82) is 0 Å². The lowest BCUT2D eigenvalue weighted by atomic mass is 9.96. The molecule has 0 saturated heterocycles. The molecule has 0 heterocycles. The van der Waals surface area contributed by atoms with Gasteiger partial charge in [-0.25, -0.2) is 0 Å². The van der Waals surface area contributed by atoms with Gasteiger partial charge in [0.15, 0.2) is 0 Å². The molecule has 0 atom stereocenters. The second-order valence-corrected chi connectivity index (χ2v) is 7.60. The van der Waals surface area contributed by atoms with Crippen LogP contribution in [0.5, 0.6) is 5.75 Å². The molecule has 4 heteroatoms. The van der Waals surface area contributed by atoms with Gasteiger partial charge in [-0.15, -0.1) is 0 Å². The first-order chi connectivity index (χ1) is 12.9. The van der Waals surface area contributed by atoms with Crippen LogP contribution >= 0.6 is 11.6 Å². The molecule has 0 unspecified atom stereocenters. The Morgan fingerprint density at radius 2 is 1.96 bits per heavy atom. The molecule has 3 rings (SSSR count). The second-order valence-electron chi connectivity index (χ2n) is 7.19. The quantitative estimate of drug-likeness (QED) is 0.637. The number of ether oxygens (including phenoxy) is 1. The molecule has 1 N–H and O–H groups in total. The van der Waals surface area contributed by atoms with Crippen LogP contribution in [-0.4, -0.2) is 17.7 Å². The summed E-state index contributed by atoms with van der Waals surface area (Å²) < 4.78 is 6.01. The number of hydrogen-bond acceptors (Lipinski definition) is 2. The molecule has 2 aromatic carbocycles. The summed E-state index contributed by atoms with van der Waals surface area (Å²) in [5, 5.41) is 9.37. The van der Waals surface area contributed by atoms with Crippen molar-refractivity contribution in [2.24, 2.45) is 0 Å². The monoisotopic (exact) mass is 384 g/mol. The fourth-order valence-corrected chi connectivity index (χ4v) is 3.94. The van der Waals surface area contributed by atoms with Crippen molar-refractivity contribution in [3.8, 4) is 5.75 Å². The number of aliphatic carboxylic acids is 1. The summed E-state index contributed by atoms with van der Waals surface area (Å²) in [4.78, 5) is 10.7. The second kappa shape index (κ2) is 8.62. The third-order valence-corrected chi connectivity index (χ3v) is 5.44. The van der Waals surface area contributed by atoms with E-state index < -0.39 is 5.97 Å². The van der Waals surface area contributed by atoms with Gasteiger partial charge in [-0.2, -0.15) is 0 Å². The van der Waals surface area contributed by atoms with E-state index >= 15 is 0 Å². The number of hydrogen-bond donors (Lipinski definition) is 1. The zero-order valence-electron chi connectivity index (χ0n) is 15.8. The van der Waals surface area contributed by atoms with Crippen molar-refractivity contribution in [3.63, 3.8) is 0 Å². The van der Waals surface area contributed by atoms with E-state index in [1.54, 1.807) is 6.07 Å². The summed E-state index contributed by atoms with van der Waals surface area (Å²) in [6.45, 7) is 4.85. The summed E-state index contributed by atoms with van der Waals surface area (Å²) in [6.07, 6.45) is 3.82. The normalized spacial score (nSPS) is 13.9. The van der Waals surface area contributed by atoms with Crippen LogP contribution in [0.3, 0.4) is 0 Å². The predicted octanol–water partition coefficient (Wildman–Crippen LogP) is 5.99. The van der Waals surface area contributed by atoms with E-state index in [2.05, 4.69) is 32.0 Å². The van der Waals surface area contributed by atoms with Crippen molar-refractivity contribution < 1.29 is 14.6 Å². The van der Waals surface area contributed by atoms with Gasteiger partial charge in [-0.05, 0) is 79.5 Å². The molecule has 142 valence electrons. The minimum absolute atomic E-state index is 0.0755. The molecular formula is C23H25ClO3. The lowest BCUT2D eigenvalue weighted by Crippen LogP contribution is -2.03. The molecule has 0 saturated carbocycles. The zero-order valence-corrected chi connectivity index (χ0v) is 16.6. The maximum Gasteiger partial charge on any atom is 0.303 e. The van der Waals surface area contributed by atoms with Gasteiger partial charge in [0.2, 0.25) is 0 Å². The fourth-order valence-electron chi connectivity index (χ4n) is 3.68. The average Bonchev–Trinajstić information content (AvgIpc) is 3.07. The Morgan fingerprint density at radius 1 is 1.15 bits per heavy atom. The molecule has 0 aliphatic heterocycles. The smallest absolute Gasteiger partial charge is 0.303 e. The summed E-state index contributed by atoms with van der Waals surface area (Å²) in [5.74, 6) is -0.100. The first-order valence-electron chi connectivity index (χ1n) is 9.35. The highest BCUT2D eigenvalue weighted by molar-refractivity contribution is 6.31. The number of carboxylic acid groups (broad SMARTS) is 1. The number of benzene rings is 2. The van der Waals surface area contributed by atoms with Crippen molar-refractivity contribution >= 4 is 23.1 Å². The van der Waals surface area contributed by atoms with E-state index in [1.807, 2.05) is 12.1 Å². The lowest BCUT2D eigenvalue weighted by Gasteiger charge is -2.13. The molecular weight excluding hydrogens is 360 g/mol. The van der Waals surface area contributed by atoms with E-state index in [1.165, 1.54) is 27.8 Å². The molecule has 0 fully saturated rings. The van der Waals surface area contributed by atoms with Gasteiger partial charge in [-0.1, -0.05) is 41.4 Å². The van der Waals surface area contributed by atoms with Gasteiger partial charge < -0.3 is 9.84 Å².